The summed E-state index contributed by atoms with van der Waals surface area (Å²) in [6.45, 7) is 2.77. The Bertz CT molecular complexity index is 381. The van der Waals surface area contributed by atoms with Gasteiger partial charge in [0, 0.05) is 13.6 Å². The number of halogens is 1. The summed E-state index contributed by atoms with van der Waals surface area (Å²) < 4.78 is 0. The van der Waals surface area contributed by atoms with Gasteiger partial charge in [0.1, 0.15) is 0 Å². The summed E-state index contributed by atoms with van der Waals surface area (Å²) in [5, 5.41) is 3.23. The molecule has 1 rings (SSSR count). The van der Waals surface area contributed by atoms with Crippen LogP contribution in [0.5, 0.6) is 0 Å². The van der Waals surface area contributed by atoms with Crippen LogP contribution < -0.4 is 16.0 Å². The van der Waals surface area contributed by atoms with E-state index in [0.717, 1.165) is 5.69 Å². The fourth-order valence-corrected chi connectivity index (χ4v) is 1.58. The van der Waals surface area contributed by atoms with Gasteiger partial charge in [0.15, 0.2) is 0 Å². The Morgan fingerprint density at radius 3 is 2.88 bits per heavy atom. The maximum atomic E-state index is 11.4. The van der Waals surface area contributed by atoms with Crippen LogP contribution in [0.3, 0.4) is 0 Å². The van der Waals surface area contributed by atoms with E-state index in [1.165, 1.54) is 0 Å². The molecule has 1 aromatic rings. The van der Waals surface area contributed by atoms with Crippen LogP contribution in [0.25, 0.3) is 0 Å². The normalized spacial score (nSPS) is 9.94. The minimum absolute atomic E-state index is 0.0376. The molecule has 0 fully saturated rings. The van der Waals surface area contributed by atoms with E-state index in [9.17, 15) is 4.79 Å². The fourth-order valence-electron chi connectivity index (χ4n) is 1.41. The molecule has 1 aromatic carbocycles. The number of likely N-dealkylation sites (N-methyl/N-ethyl adjacent to an activating group) is 2. The van der Waals surface area contributed by atoms with Crippen LogP contribution in [0, 0.1) is 0 Å². The molecule has 0 aliphatic rings. The van der Waals surface area contributed by atoms with Crippen molar-refractivity contribution in [2.45, 2.75) is 6.92 Å². The average molecular weight is 242 g/mol. The van der Waals surface area contributed by atoms with Gasteiger partial charge >= 0.3 is 0 Å². The molecule has 0 saturated carbocycles. The standard InChI is InChI=1S/C11H16ClN3O/c1-3-14-10(16)7-15(2)9-6-4-5-8(12)11(9)13/h4-6H,3,7,13H2,1-2H3,(H,14,16). The molecule has 0 spiro atoms. The molecule has 16 heavy (non-hydrogen) atoms. The van der Waals surface area contributed by atoms with Crippen molar-refractivity contribution in [1.29, 1.82) is 0 Å². The highest BCUT2D eigenvalue weighted by Gasteiger charge is 2.10. The van der Waals surface area contributed by atoms with Crippen LogP contribution in [0.15, 0.2) is 18.2 Å². The predicted octanol–water partition coefficient (Wildman–Crippen LogP) is 1.49. The lowest BCUT2D eigenvalue weighted by Crippen LogP contribution is -2.35. The van der Waals surface area contributed by atoms with Crippen LogP contribution in [-0.4, -0.2) is 26.0 Å². The Morgan fingerprint density at radius 1 is 1.56 bits per heavy atom. The van der Waals surface area contributed by atoms with Crippen LogP contribution in [0.4, 0.5) is 11.4 Å². The van der Waals surface area contributed by atoms with Crippen molar-refractivity contribution in [2.24, 2.45) is 0 Å². The number of para-hydroxylation sites is 1. The second-order valence-electron chi connectivity index (χ2n) is 3.48. The number of benzene rings is 1. The molecule has 0 radical (unpaired) electrons. The van der Waals surface area contributed by atoms with Gasteiger partial charge in [-0.2, -0.15) is 0 Å². The van der Waals surface area contributed by atoms with E-state index >= 15 is 0 Å². The quantitative estimate of drug-likeness (QED) is 0.786. The minimum atomic E-state index is -0.0376. The summed E-state index contributed by atoms with van der Waals surface area (Å²) in [5.74, 6) is -0.0376. The maximum Gasteiger partial charge on any atom is 0.239 e. The third kappa shape index (κ3) is 3.03. The second kappa shape index (κ2) is 5.61. The molecule has 0 bridgehead atoms. The van der Waals surface area contributed by atoms with Crippen molar-refractivity contribution < 1.29 is 4.79 Å². The molecular formula is C11H16ClN3O. The Hall–Kier alpha value is -1.42. The van der Waals surface area contributed by atoms with Gasteiger partial charge in [-0.15, -0.1) is 0 Å². The van der Waals surface area contributed by atoms with Crippen molar-refractivity contribution in [3.63, 3.8) is 0 Å². The zero-order valence-corrected chi connectivity index (χ0v) is 10.2. The molecular weight excluding hydrogens is 226 g/mol. The Kier molecular flexibility index (Phi) is 4.43. The minimum Gasteiger partial charge on any atom is -0.396 e. The number of amides is 1. The molecule has 5 heteroatoms. The number of carbonyl (C=O) groups is 1. The lowest BCUT2D eigenvalue weighted by Gasteiger charge is -2.20. The largest absolute Gasteiger partial charge is 0.396 e. The van der Waals surface area contributed by atoms with Gasteiger partial charge in [-0.3, -0.25) is 4.79 Å². The number of rotatable bonds is 4. The molecule has 0 saturated heterocycles. The zero-order valence-electron chi connectivity index (χ0n) is 9.46. The van der Waals surface area contributed by atoms with Crippen LogP contribution in [-0.2, 0) is 4.79 Å². The van der Waals surface area contributed by atoms with E-state index < -0.39 is 0 Å². The Morgan fingerprint density at radius 2 is 2.25 bits per heavy atom. The van der Waals surface area contributed by atoms with E-state index in [-0.39, 0.29) is 12.5 Å². The first-order valence-corrected chi connectivity index (χ1v) is 5.46. The predicted molar refractivity (Wildman–Crippen MR) is 67.8 cm³/mol. The van der Waals surface area contributed by atoms with Crippen LogP contribution >= 0.6 is 11.6 Å². The van der Waals surface area contributed by atoms with Crippen molar-refractivity contribution in [1.82, 2.24) is 5.32 Å². The van der Waals surface area contributed by atoms with Gasteiger partial charge in [-0.25, -0.2) is 0 Å². The molecule has 88 valence electrons. The first-order valence-electron chi connectivity index (χ1n) is 5.08. The van der Waals surface area contributed by atoms with E-state index in [4.69, 9.17) is 17.3 Å². The summed E-state index contributed by atoms with van der Waals surface area (Å²) in [6, 6.07) is 5.36. The van der Waals surface area contributed by atoms with Crippen molar-refractivity contribution >= 4 is 28.9 Å². The van der Waals surface area contributed by atoms with Crippen LogP contribution in [0.1, 0.15) is 6.92 Å². The van der Waals surface area contributed by atoms with E-state index in [0.29, 0.717) is 17.3 Å². The lowest BCUT2D eigenvalue weighted by molar-refractivity contribution is -0.119. The van der Waals surface area contributed by atoms with Gasteiger partial charge in [0.25, 0.3) is 0 Å². The molecule has 1 amide bonds. The van der Waals surface area contributed by atoms with E-state index in [1.54, 1.807) is 18.0 Å². The number of nitrogens with zero attached hydrogens (tertiary/aromatic N) is 1. The summed E-state index contributed by atoms with van der Waals surface area (Å²) >= 11 is 5.90. The Balaban J connectivity index is 2.76. The molecule has 3 N–H and O–H groups in total. The highest BCUT2D eigenvalue weighted by molar-refractivity contribution is 6.33. The third-order valence-electron chi connectivity index (χ3n) is 2.20. The monoisotopic (exact) mass is 241 g/mol. The molecule has 0 atom stereocenters. The summed E-state index contributed by atoms with van der Waals surface area (Å²) in [4.78, 5) is 13.2. The maximum absolute atomic E-state index is 11.4. The summed E-state index contributed by atoms with van der Waals surface area (Å²) in [7, 11) is 1.80. The molecule has 0 unspecified atom stereocenters. The van der Waals surface area contributed by atoms with E-state index in [1.807, 2.05) is 19.1 Å². The SMILES string of the molecule is CCNC(=O)CN(C)c1cccc(Cl)c1N. The van der Waals surface area contributed by atoms with Crippen molar-refractivity contribution in [2.75, 3.05) is 30.8 Å². The zero-order chi connectivity index (χ0) is 12.1. The average Bonchev–Trinajstić information content (AvgIpc) is 2.22. The number of nitrogens with one attached hydrogen (secondary N) is 1. The smallest absolute Gasteiger partial charge is 0.239 e. The topological polar surface area (TPSA) is 58.4 Å². The second-order valence-corrected chi connectivity index (χ2v) is 3.89. The van der Waals surface area contributed by atoms with Crippen molar-refractivity contribution in [3.05, 3.63) is 23.2 Å². The van der Waals surface area contributed by atoms with Gasteiger partial charge in [0.05, 0.1) is 22.9 Å². The number of nitrogen functional groups attached to an aromatic ring is 1. The summed E-state index contributed by atoms with van der Waals surface area (Å²) in [6.07, 6.45) is 0. The number of nitrogens with two attached hydrogens (primary N) is 1. The fraction of sp³-hybridized carbons (Fsp3) is 0.364. The molecule has 0 aromatic heterocycles. The highest BCUT2D eigenvalue weighted by atomic mass is 35.5. The third-order valence-corrected chi connectivity index (χ3v) is 2.53. The summed E-state index contributed by atoms with van der Waals surface area (Å²) in [5.41, 5.74) is 7.09. The van der Waals surface area contributed by atoms with Gasteiger partial charge < -0.3 is 16.0 Å². The van der Waals surface area contributed by atoms with E-state index in [2.05, 4.69) is 5.32 Å². The molecule has 0 heterocycles. The van der Waals surface area contributed by atoms with Gasteiger partial charge in [-0.1, -0.05) is 17.7 Å². The first kappa shape index (κ1) is 12.6. The number of hydrogen-bond acceptors (Lipinski definition) is 3. The Labute approximate surface area is 100 Å². The highest BCUT2D eigenvalue weighted by Crippen LogP contribution is 2.28. The van der Waals surface area contributed by atoms with Gasteiger partial charge in [0.2, 0.25) is 5.91 Å². The van der Waals surface area contributed by atoms with Crippen LogP contribution in [0.2, 0.25) is 5.02 Å². The molecule has 0 aliphatic carbocycles. The number of hydrogen-bond donors (Lipinski definition) is 2. The first-order chi connectivity index (χ1) is 7.56. The van der Waals surface area contributed by atoms with Crippen molar-refractivity contribution in [3.8, 4) is 0 Å². The van der Waals surface area contributed by atoms with Gasteiger partial charge in [-0.05, 0) is 19.1 Å². The number of anilines is 2. The number of carbonyl (C=O) groups excluding carboxylic acids is 1. The molecule has 4 nitrogen and oxygen atoms in total. The lowest BCUT2D eigenvalue weighted by atomic mass is 10.2. The molecule has 0 aliphatic heterocycles.